The molecule has 0 radical (unpaired) electrons. The van der Waals surface area contributed by atoms with E-state index in [9.17, 15) is 13.2 Å². The molecule has 5 nitrogen and oxygen atoms in total. The Morgan fingerprint density at radius 2 is 1.97 bits per heavy atom. The molecule has 0 saturated carbocycles. The molecule has 162 valence electrons. The first-order valence-corrected chi connectivity index (χ1v) is 9.96. The Kier molecular flexibility index (Phi) is 11.3. The van der Waals surface area contributed by atoms with Gasteiger partial charge >= 0.3 is 6.18 Å². The lowest BCUT2D eigenvalue weighted by Gasteiger charge is -2.13. The number of aromatic nitrogens is 1. The summed E-state index contributed by atoms with van der Waals surface area (Å²) in [6.07, 6.45) is -0.719. The first kappa shape index (κ1) is 25.5. The Hall–Kier alpha value is -1.56. The van der Waals surface area contributed by atoms with Gasteiger partial charge in [-0.2, -0.15) is 13.2 Å². The van der Waals surface area contributed by atoms with Crippen molar-refractivity contribution >= 4 is 41.3 Å². The molecular formula is C19H26F3IN4OS. The van der Waals surface area contributed by atoms with E-state index < -0.39 is 12.8 Å². The highest BCUT2D eigenvalue weighted by Crippen LogP contribution is 2.22. The van der Waals surface area contributed by atoms with Gasteiger partial charge in [0, 0.05) is 36.1 Å². The van der Waals surface area contributed by atoms with E-state index in [-0.39, 0.29) is 36.3 Å². The van der Waals surface area contributed by atoms with Gasteiger partial charge in [0.2, 0.25) is 0 Å². The van der Waals surface area contributed by atoms with Gasteiger partial charge in [-0.1, -0.05) is 25.1 Å². The van der Waals surface area contributed by atoms with E-state index in [1.807, 2.05) is 13.1 Å². The number of thiazole rings is 1. The number of ether oxygens (including phenoxy) is 1. The number of halogens is 4. The summed E-state index contributed by atoms with van der Waals surface area (Å²) in [5.74, 6) is 0.787. The van der Waals surface area contributed by atoms with Gasteiger partial charge in [-0.3, -0.25) is 0 Å². The van der Waals surface area contributed by atoms with Crippen molar-refractivity contribution in [3.8, 4) is 5.75 Å². The summed E-state index contributed by atoms with van der Waals surface area (Å²) in [4.78, 5) is 10.1. The monoisotopic (exact) mass is 542 g/mol. The molecule has 1 heterocycles. The van der Waals surface area contributed by atoms with Gasteiger partial charge in [-0.25, -0.2) is 9.98 Å². The van der Waals surface area contributed by atoms with Crippen LogP contribution in [0.3, 0.4) is 0 Å². The third kappa shape index (κ3) is 9.66. The van der Waals surface area contributed by atoms with Crippen molar-refractivity contribution in [2.45, 2.75) is 39.4 Å². The highest BCUT2D eigenvalue weighted by molar-refractivity contribution is 14.0. The summed E-state index contributed by atoms with van der Waals surface area (Å²) in [5.41, 5.74) is 0.594. The Morgan fingerprint density at radius 3 is 2.62 bits per heavy atom. The van der Waals surface area contributed by atoms with Crippen molar-refractivity contribution in [3.05, 3.63) is 45.9 Å². The van der Waals surface area contributed by atoms with E-state index in [0.717, 1.165) is 17.8 Å². The molecule has 29 heavy (non-hydrogen) atoms. The molecule has 0 aliphatic rings. The minimum absolute atomic E-state index is 0. The molecule has 2 N–H and O–H groups in total. The number of guanidine groups is 1. The van der Waals surface area contributed by atoms with Crippen LogP contribution in [0, 0.1) is 0 Å². The summed E-state index contributed by atoms with van der Waals surface area (Å²) in [6, 6.07) is 6.62. The number of nitrogens with zero attached hydrogens (tertiary/aromatic N) is 2. The van der Waals surface area contributed by atoms with Crippen LogP contribution >= 0.6 is 35.3 Å². The van der Waals surface area contributed by atoms with Crippen LogP contribution in [0.15, 0.2) is 35.5 Å². The lowest BCUT2D eigenvalue weighted by Crippen LogP contribution is -2.38. The lowest BCUT2D eigenvalue weighted by molar-refractivity contribution is -0.153. The predicted octanol–water partition coefficient (Wildman–Crippen LogP) is 4.56. The zero-order chi connectivity index (χ0) is 20.4. The van der Waals surface area contributed by atoms with Gasteiger partial charge in [0.15, 0.2) is 12.6 Å². The van der Waals surface area contributed by atoms with E-state index in [2.05, 4.69) is 27.5 Å². The second kappa shape index (κ2) is 12.9. The SMILES string of the molecule is CCNC(=NCc1ccccc1OCC(F)(F)F)NCCc1ncc(CC)s1.I. The third-order valence-corrected chi connectivity index (χ3v) is 4.90. The number of benzene rings is 1. The highest BCUT2D eigenvalue weighted by Gasteiger charge is 2.28. The van der Waals surface area contributed by atoms with E-state index in [0.29, 0.717) is 24.6 Å². The van der Waals surface area contributed by atoms with Crippen LogP contribution in [0.4, 0.5) is 13.2 Å². The Morgan fingerprint density at radius 1 is 1.21 bits per heavy atom. The van der Waals surface area contributed by atoms with Crippen molar-refractivity contribution in [2.75, 3.05) is 19.7 Å². The summed E-state index contributed by atoms with van der Waals surface area (Å²) >= 11 is 1.70. The van der Waals surface area contributed by atoms with E-state index in [1.54, 1.807) is 29.5 Å². The maximum absolute atomic E-state index is 12.4. The smallest absolute Gasteiger partial charge is 0.422 e. The molecule has 0 fully saturated rings. The normalized spacial score (nSPS) is 11.7. The number of hydrogen-bond donors (Lipinski definition) is 2. The minimum Gasteiger partial charge on any atom is -0.484 e. The van der Waals surface area contributed by atoms with Crippen molar-refractivity contribution in [3.63, 3.8) is 0 Å². The van der Waals surface area contributed by atoms with Gasteiger partial charge in [0.25, 0.3) is 0 Å². The average Bonchev–Trinajstić information content (AvgIpc) is 3.12. The Bertz CT molecular complexity index is 768. The Labute approximate surface area is 190 Å². The van der Waals surface area contributed by atoms with Crippen LogP contribution in [0.5, 0.6) is 5.75 Å². The molecule has 0 amide bonds. The van der Waals surface area contributed by atoms with Crippen molar-refractivity contribution < 1.29 is 17.9 Å². The molecule has 2 rings (SSSR count). The summed E-state index contributed by atoms with van der Waals surface area (Å²) in [6.45, 7) is 4.28. The van der Waals surface area contributed by atoms with Crippen molar-refractivity contribution in [1.29, 1.82) is 0 Å². The highest BCUT2D eigenvalue weighted by atomic mass is 127. The van der Waals surface area contributed by atoms with Crippen LogP contribution in [-0.2, 0) is 19.4 Å². The van der Waals surface area contributed by atoms with E-state index in [1.165, 1.54) is 10.9 Å². The van der Waals surface area contributed by atoms with Gasteiger partial charge < -0.3 is 15.4 Å². The molecule has 0 unspecified atom stereocenters. The largest absolute Gasteiger partial charge is 0.484 e. The number of aryl methyl sites for hydroxylation is 1. The topological polar surface area (TPSA) is 58.5 Å². The molecule has 0 aliphatic carbocycles. The number of hydrogen-bond acceptors (Lipinski definition) is 4. The summed E-state index contributed by atoms with van der Waals surface area (Å²) in [7, 11) is 0. The fraction of sp³-hybridized carbons (Fsp3) is 0.474. The van der Waals surface area contributed by atoms with Crippen LogP contribution in [0.2, 0.25) is 0 Å². The second-order valence-corrected chi connectivity index (χ2v) is 7.16. The number of para-hydroxylation sites is 1. The molecule has 0 atom stereocenters. The molecule has 1 aromatic carbocycles. The summed E-state index contributed by atoms with van der Waals surface area (Å²) in [5, 5.41) is 7.42. The third-order valence-electron chi connectivity index (χ3n) is 3.70. The summed E-state index contributed by atoms with van der Waals surface area (Å²) < 4.78 is 42.1. The molecule has 0 bridgehead atoms. The first-order chi connectivity index (χ1) is 13.4. The zero-order valence-corrected chi connectivity index (χ0v) is 19.5. The maximum Gasteiger partial charge on any atom is 0.422 e. The molecule has 2 aromatic rings. The standard InChI is InChI=1S/C19H25F3N4OS.HI/c1-3-15-12-25-17(28-15)9-10-24-18(23-4-2)26-11-14-7-5-6-8-16(14)27-13-19(20,21)22;/h5-8,12H,3-4,9-11,13H2,1-2H3,(H2,23,24,26);1H. The molecule has 1 aromatic heterocycles. The van der Waals surface area contributed by atoms with Crippen molar-refractivity contribution in [1.82, 2.24) is 15.6 Å². The predicted molar refractivity (Wildman–Crippen MR) is 121 cm³/mol. The number of rotatable bonds is 9. The number of nitrogens with one attached hydrogen (secondary N) is 2. The molecule has 0 saturated heterocycles. The fourth-order valence-corrected chi connectivity index (χ4v) is 3.22. The molecule has 0 aliphatic heterocycles. The van der Waals surface area contributed by atoms with Crippen LogP contribution in [0.25, 0.3) is 0 Å². The van der Waals surface area contributed by atoms with Crippen LogP contribution in [0.1, 0.15) is 29.3 Å². The van der Waals surface area contributed by atoms with Gasteiger partial charge in [0.05, 0.1) is 11.6 Å². The van der Waals surface area contributed by atoms with E-state index >= 15 is 0 Å². The fourth-order valence-electron chi connectivity index (χ4n) is 2.36. The lowest BCUT2D eigenvalue weighted by atomic mass is 10.2. The number of alkyl halides is 3. The van der Waals surface area contributed by atoms with Gasteiger partial charge in [0.1, 0.15) is 5.75 Å². The molecule has 10 heteroatoms. The number of aliphatic imine (C=N–C) groups is 1. The van der Waals surface area contributed by atoms with Gasteiger partial charge in [-0.05, 0) is 19.4 Å². The second-order valence-electron chi connectivity index (χ2n) is 5.96. The van der Waals surface area contributed by atoms with Gasteiger partial charge in [-0.15, -0.1) is 35.3 Å². The zero-order valence-electron chi connectivity index (χ0n) is 16.4. The molecular weight excluding hydrogens is 516 g/mol. The molecule has 0 spiro atoms. The first-order valence-electron chi connectivity index (χ1n) is 9.14. The maximum atomic E-state index is 12.4. The van der Waals surface area contributed by atoms with E-state index in [4.69, 9.17) is 4.74 Å². The van der Waals surface area contributed by atoms with Crippen LogP contribution in [-0.4, -0.2) is 36.8 Å². The quantitative estimate of drug-likeness (QED) is 0.277. The van der Waals surface area contributed by atoms with Crippen LogP contribution < -0.4 is 15.4 Å². The average molecular weight is 542 g/mol. The Balaban J connectivity index is 0.00000420. The van der Waals surface area contributed by atoms with Crippen molar-refractivity contribution in [2.24, 2.45) is 4.99 Å². The minimum atomic E-state index is -4.37.